The van der Waals surface area contributed by atoms with Crippen LogP contribution in [0.3, 0.4) is 0 Å². The van der Waals surface area contributed by atoms with E-state index in [1.54, 1.807) is 24.3 Å². The van der Waals surface area contributed by atoms with E-state index in [9.17, 15) is 14.0 Å². The molecule has 0 unspecified atom stereocenters. The Bertz CT molecular complexity index is 1000. The third-order valence-corrected chi connectivity index (χ3v) is 5.51. The molecule has 2 N–H and O–H groups in total. The molecule has 0 spiro atoms. The van der Waals surface area contributed by atoms with Crippen LogP contribution in [0.4, 0.5) is 10.1 Å². The lowest BCUT2D eigenvalue weighted by Gasteiger charge is -2.10. The maximum Gasteiger partial charge on any atom is 0.252 e. The van der Waals surface area contributed by atoms with Gasteiger partial charge in [-0.3, -0.25) is 9.59 Å². The Balaban J connectivity index is 1.52. The Hall–Kier alpha value is -3.12. The lowest BCUT2D eigenvalue weighted by molar-refractivity contribution is -0.113. The fourth-order valence-corrected chi connectivity index (χ4v) is 3.67. The first-order valence-electron chi connectivity index (χ1n) is 9.62. The molecule has 6 heteroatoms. The SMILES string of the molecule is Cc1ccc(NC(=O)CSc2ccccc2C(=O)NCCc2ccc(F)cc2)cc1. The number of thioether (sulfide) groups is 1. The van der Waals surface area contributed by atoms with E-state index in [0.29, 0.717) is 18.5 Å². The molecule has 0 bridgehead atoms. The fourth-order valence-electron chi connectivity index (χ4n) is 2.82. The third-order valence-electron chi connectivity index (χ3n) is 4.44. The highest BCUT2D eigenvalue weighted by Gasteiger charge is 2.12. The molecule has 0 radical (unpaired) electrons. The molecule has 154 valence electrons. The molecule has 3 rings (SSSR count). The average Bonchev–Trinajstić information content (AvgIpc) is 2.75. The fraction of sp³-hybridized carbons (Fsp3) is 0.167. The summed E-state index contributed by atoms with van der Waals surface area (Å²) in [4.78, 5) is 25.6. The molecule has 0 aliphatic heterocycles. The molecule has 0 aliphatic carbocycles. The highest BCUT2D eigenvalue weighted by Crippen LogP contribution is 2.23. The highest BCUT2D eigenvalue weighted by atomic mass is 32.2. The second kappa shape index (κ2) is 10.6. The summed E-state index contributed by atoms with van der Waals surface area (Å²) in [7, 11) is 0. The number of benzene rings is 3. The lowest BCUT2D eigenvalue weighted by atomic mass is 10.1. The first-order chi connectivity index (χ1) is 14.5. The van der Waals surface area contributed by atoms with Crippen molar-refractivity contribution in [2.75, 3.05) is 17.6 Å². The molecule has 0 aromatic heterocycles. The number of amides is 2. The van der Waals surface area contributed by atoms with Crippen molar-refractivity contribution in [3.63, 3.8) is 0 Å². The number of rotatable bonds is 8. The van der Waals surface area contributed by atoms with Crippen molar-refractivity contribution >= 4 is 29.3 Å². The number of halogens is 1. The number of aryl methyl sites for hydroxylation is 1. The molecule has 0 fully saturated rings. The van der Waals surface area contributed by atoms with E-state index in [-0.39, 0.29) is 23.4 Å². The number of nitrogens with one attached hydrogen (secondary N) is 2. The summed E-state index contributed by atoms with van der Waals surface area (Å²) in [5.41, 5.74) is 3.36. The zero-order valence-electron chi connectivity index (χ0n) is 16.7. The minimum Gasteiger partial charge on any atom is -0.352 e. The van der Waals surface area contributed by atoms with Gasteiger partial charge in [0.2, 0.25) is 5.91 Å². The number of hydrogen-bond acceptors (Lipinski definition) is 3. The van der Waals surface area contributed by atoms with E-state index in [1.807, 2.05) is 43.3 Å². The van der Waals surface area contributed by atoms with Gasteiger partial charge < -0.3 is 10.6 Å². The van der Waals surface area contributed by atoms with Crippen LogP contribution in [0.5, 0.6) is 0 Å². The van der Waals surface area contributed by atoms with Gasteiger partial charge in [-0.05, 0) is 55.3 Å². The predicted octanol–water partition coefficient (Wildman–Crippen LogP) is 4.84. The second-order valence-corrected chi connectivity index (χ2v) is 7.85. The molecular weight excluding hydrogens is 399 g/mol. The average molecular weight is 423 g/mol. The minimum absolute atomic E-state index is 0.129. The maximum absolute atomic E-state index is 13.0. The molecule has 30 heavy (non-hydrogen) atoms. The third kappa shape index (κ3) is 6.46. The van der Waals surface area contributed by atoms with Crippen molar-refractivity contribution in [3.05, 3.63) is 95.3 Å². The van der Waals surface area contributed by atoms with Crippen molar-refractivity contribution in [1.82, 2.24) is 5.32 Å². The Morgan fingerprint density at radius 3 is 2.37 bits per heavy atom. The van der Waals surface area contributed by atoms with Crippen molar-refractivity contribution < 1.29 is 14.0 Å². The smallest absolute Gasteiger partial charge is 0.252 e. The van der Waals surface area contributed by atoms with Gasteiger partial charge in [-0.1, -0.05) is 42.0 Å². The number of hydrogen-bond donors (Lipinski definition) is 2. The van der Waals surface area contributed by atoms with E-state index in [1.165, 1.54) is 23.9 Å². The van der Waals surface area contributed by atoms with Crippen LogP contribution < -0.4 is 10.6 Å². The molecule has 3 aromatic rings. The van der Waals surface area contributed by atoms with Crippen LogP contribution in [0.1, 0.15) is 21.5 Å². The zero-order chi connectivity index (χ0) is 21.3. The monoisotopic (exact) mass is 422 g/mol. The van der Waals surface area contributed by atoms with Crippen molar-refractivity contribution in [1.29, 1.82) is 0 Å². The molecule has 0 heterocycles. The van der Waals surface area contributed by atoms with Gasteiger partial charge in [-0.15, -0.1) is 11.8 Å². The molecule has 0 atom stereocenters. The van der Waals surface area contributed by atoms with Gasteiger partial charge in [-0.2, -0.15) is 0 Å². The topological polar surface area (TPSA) is 58.2 Å². The van der Waals surface area contributed by atoms with Gasteiger partial charge in [-0.25, -0.2) is 4.39 Å². The van der Waals surface area contributed by atoms with Crippen molar-refractivity contribution in [2.45, 2.75) is 18.2 Å². The van der Waals surface area contributed by atoms with Gasteiger partial charge in [0.1, 0.15) is 5.82 Å². The normalized spacial score (nSPS) is 10.5. The van der Waals surface area contributed by atoms with Crippen LogP contribution in [-0.2, 0) is 11.2 Å². The van der Waals surface area contributed by atoms with E-state index < -0.39 is 0 Å². The molecule has 0 aliphatic rings. The van der Waals surface area contributed by atoms with Crippen LogP contribution in [-0.4, -0.2) is 24.1 Å². The molecule has 2 amide bonds. The van der Waals surface area contributed by atoms with Gasteiger partial charge in [0, 0.05) is 17.1 Å². The summed E-state index contributed by atoms with van der Waals surface area (Å²) in [5.74, 6) is -0.400. The van der Waals surface area contributed by atoms with Crippen molar-refractivity contribution in [2.24, 2.45) is 0 Å². The largest absolute Gasteiger partial charge is 0.352 e. The lowest BCUT2D eigenvalue weighted by Crippen LogP contribution is -2.26. The molecule has 0 saturated carbocycles. The molecule has 0 saturated heterocycles. The molecule has 3 aromatic carbocycles. The predicted molar refractivity (Wildman–Crippen MR) is 119 cm³/mol. The van der Waals surface area contributed by atoms with E-state index in [2.05, 4.69) is 10.6 Å². The summed E-state index contributed by atoms with van der Waals surface area (Å²) in [6, 6.07) is 21.0. The number of anilines is 1. The minimum atomic E-state index is -0.278. The second-order valence-electron chi connectivity index (χ2n) is 6.83. The first kappa shape index (κ1) is 21.6. The standard InChI is InChI=1S/C24H23FN2O2S/c1-17-6-12-20(13-7-17)27-23(28)16-30-22-5-3-2-4-21(22)24(29)26-15-14-18-8-10-19(25)11-9-18/h2-13H,14-16H2,1H3,(H,26,29)(H,27,28). The molecular formula is C24H23FN2O2S. The Morgan fingerprint density at radius 2 is 1.63 bits per heavy atom. The van der Waals surface area contributed by atoms with E-state index >= 15 is 0 Å². The Kier molecular flexibility index (Phi) is 7.63. The van der Waals surface area contributed by atoms with Gasteiger partial charge >= 0.3 is 0 Å². The van der Waals surface area contributed by atoms with Crippen molar-refractivity contribution in [3.8, 4) is 0 Å². The summed E-state index contributed by atoms with van der Waals surface area (Å²) >= 11 is 1.32. The Morgan fingerprint density at radius 1 is 0.933 bits per heavy atom. The molecule has 4 nitrogen and oxygen atoms in total. The maximum atomic E-state index is 13.0. The number of carbonyl (C=O) groups is 2. The Labute approximate surface area is 179 Å². The van der Waals surface area contributed by atoms with E-state index in [0.717, 1.165) is 21.7 Å². The summed E-state index contributed by atoms with van der Waals surface area (Å²) in [6.07, 6.45) is 0.611. The van der Waals surface area contributed by atoms with Crippen LogP contribution in [0.25, 0.3) is 0 Å². The van der Waals surface area contributed by atoms with Crippen LogP contribution >= 0.6 is 11.8 Å². The van der Waals surface area contributed by atoms with Crippen LogP contribution in [0.15, 0.2) is 77.7 Å². The number of carbonyl (C=O) groups excluding carboxylic acids is 2. The first-order valence-corrected chi connectivity index (χ1v) is 10.6. The summed E-state index contributed by atoms with van der Waals surface area (Å²) in [6.45, 7) is 2.43. The van der Waals surface area contributed by atoms with Gasteiger partial charge in [0.25, 0.3) is 5.91 Å². The van der Waals surface area contributed by atoms with Crippen LogP contribution in [0, 0.1) is 12.7 Å². The highest BCUT2D eigenvalue weighted by molar-refractivity contribution is 8.00. The summed E-state index contributed by atoms with van der Waals surface area (Å²) < 4.78 is 13.0. The quantitative estimate of drug-likeness (QED) is 0.511. The van der Waals surface area contributed by atoms with Gasteiger partial charge in [0.05, 0.1) is 11.3 Å². The summed E-state index contributed by atoms with van der Waals surface area (Å²) in [5, 5.41) is 5.75. The van der Waals surface area contributed by atoms with Gasteiger partial charge in [0.15, 0.2) is 0 Å². The zero-order valence-corrected chi connectivity index (χ0v) is 17.5. The van der Waals surface area contributed by atoms with E-state index in [4.69, 9.17) is 0 Å². The van der Waals surface area contributed by atoms with Crippen LogP contribution in [0.2, 0.25) is 0 Å².